The average molecular weight is 404 g/mol. The molecule has 0 aromatic heterocycles. The molecule has 1 aliphatic heterocycles. The third kappa shape index (κ3) is 3.87. The molecule has 0 saturated carbocycles. The molecule has 114 valence electrons. The predicted octanol–water partition coefficient (Wildman–Crippen LogP) is 2.88. The zero-order chi connectivity index (χ0) is 14.0. The number of benzene rings is 1. The molecule has 1 fully saturated rings. The summed E-state index contributed by atoms with van der Waals surface area (Å²) >= 11 is 9.14. The van der Waals surface area contributed by atoms with Gasteiger partial charge in [-0.3, -0.25) is 0 Å². The van der Waals surface area contributed by atoms with E-state index in [-0.39, 0.29) is 23.2 Å². The van der Waals surface area contributed by atoms with Gasteiger partial charge in [-0.2, -0.15) is 4.31 Å². The maximum Gasteiger partial charge on any atom is 0.243 e. The molecule has 2 N–H and O–H groups in total. The Kier molecular flexibility index (Phi) is 6.76. The molecule has 0 aliphatic carbocycles. The molecule has 1 unspecified atom stereocenters. The van der Waals surface area contributed by atoms with E-state index in [1.165, 1.54) is 10.4 Å². The van der Waals surface area contributed by atoms with Gasteiger partial charge in [0.15, 0.2) is 0 Å². The smallest absolute Gasteiger partial charge is 0.243 e. The fraction of sp³-hybridized carbons (Fsp3) is 0.500. The van der Waals surface area contributed by atoms with Gasteiger partial charge in [0.2, 0.25) is 10.0 Å². The van der Waals surface area contributed by atoms with E-state index >= 15 is 0 Å². The molecule has 0 bridgehead atoms. The van der Waals surface area contributed by atoms with Gasteiger partial charge in [0, 0.05) is 17.6 Å². The zero-order valence-electron chi connectivity index (χ0n) is 10.8. The van der Waals surface area contributed by atoms with Crippen LogP contribution in [0.2, 0.25) is 5.02 Å². The lowest BCUT2D eigenvalue weighted by Gasteiger charge is -2.31. The number of hydrogen-bond donors (Lipinski definition) is 1. The van der Waals surface area contributed by atoms with Crippen LogP contribution in [0.4, 0.5) is 0 Å². The summed E-state index contributed by atoms with van der Waals surface area (Å²) in [6.45, 7) is 1.58. The molecule has 0 spiro atoms. The van der Waals surface area contributed by atoms with Gasteiger partial charge in [0.25, 0.3) is 0 Å². The van der Waals surface area contributed by atoms with Crippen LogP contribution in [-0.2, 0) is 10.0 Å². The fourth-order valence-corrected chi connectivity index (χ4v) is 4.45. The van der Waals surface area contributed by atoms with Gasteiger partial charge in [-0.1, -0.05) is 11.6 Å². The first-order valence-corrected chi connectivity index (χ1v) is 8.71. The van der Waals surface area contributed by atoms with Gasteiger partial charge in [-0.15, -0.1) is 12.4 Å². The Bertz CT molecular complexity index is 569. The summed E-state index contributed by atoms with van der Waals surface area (Å²) in [5.74, 6) is 0.249. The first-order valence-electron chi connectivity index (χ1n) is 6.10. The molecule has 0 amide bonds. The van der Waals surface area contributed by atoms with Gasteiger partial charge in [0.1, 0.15) is 0 Å². The number of hydrogen-bond acceptors (Lipinski definition) is 3. The van der Waals surface area contributed by atoms with Gasteiger partial charge in [-0.05, 0) is 59.4 Å². The molecule has 1 aromatic carbocycles. The maximum atomic E-state index is 12.5. The van der Waals surface area contributed by atoms with E-state index < -0.39 is 10.0 Å². The highest BCUT2D eigenvalue weighted by Crippen LogP contribution is 2.28. The molecule has 1 heterocycles. The first-order chi connectivity index (χ1) is 8.95. The van der Waals surface area contributed by atoms with E-state index in [1.807, 2.05) is 0 Å². The lowest BCUT2D eigenvalue weighted by atomic mass is 10.0. The quantitative estimate of drug-likeness (QED) is 0.843. The monoisotopic (exact) mass is 402 g/mol. The van der Waals surface area contributed by atoms with Crippen LogP contribution in [0, 0.1) is 5.92 Å². The first kappa shape index (κ1) is 18.2. The number of nitrogens with two attached hydrogens (primary N) is 1. The highest BCUT2D eigenvalue weighted by atomic mass is 79.9. The van der Waals surface area contributed by atoms with Crippen LogP contribution in [0.1, 0.15) is 12.8 Å². The second-order valence-electron chi connectivity index (χ2n) is 4.68. The molecule has 0 radical (unpaired) electrons. The second kappa shape index (κ2) is 7.42. The molecule has 1 aliphatic rings. The molecule has 4 nitrogen and oxygen atoms in total. The van der Waals surface area contributed by atoms with Crippen LogP contribution in [0.15, 0.2) is 27.6 Å². The van der Waals surface area contributed by atoms with Crippen molar-refractivity contribution >= 4 is 50.0 Å². The van der Waals surface area contributed by atoms with Crippen molar-refractivity contribution in [2.45, 2.75) is 17.7 Å². The van der Waals surface area contributed by atoms with Crippen LogP contribution in [0.5, 0.6) is 0 Å². The summed E-state index contributed by atoms with van der Waals surface area (Å²) in [7, 11) is -3.46. The molecule has 20 heavy (non-hydrogen) atoms. The normalized spacial score (nSPS) is 20.4. The van der Waals surface area contributed by atoms with Crippen LogP contribution in [-0.4, -0.2) is 32.4 Å². The summed E-state index contributed by atoms with van der Waals surface area (Å²) in [6, 6.07) is 4.67. The minimum atomic E-state index is -3.46. The van der Waals surface area contributed by atoms with E-state index in [0.717, 1.165) is 12.8 Å². The largest absolute Gasteiger partial charge is 0.330 e. The van der Waals surface area contributed by atoms with Crippen LogP contribution in [0.3, 0.4) is 0 Å². The number of rotatable bonds is 3. The van der Waals surface area contributed by atoms with Crippen molar-refractivity contribution in [3.8, 4) is 0 Å². The third-order valence-corrected chi connectivity index (χ3v) is 6.42. The summed E-state index contributed by atoms with van der Waals surface area (Å²) in [5, 5.41) is 0.498. The topological polar surface area (TPSA) is 63.4 Å². The molecular formula is C12H17BrCl2N2O2S. The van der Waals surface area contributed by atoms with Crippen molar-refractivity contribution in [1.82, 2.24) is 4.31 Å². The lowest BCUT2D eigenvalue weighted by Crippen LogP contribution is -2.41. The van der Waals surface area contributed by atoms with Crippen LogP contribution < -0.4 is 5.73 Å². The van der Waals surface area contributed by atoms with Crippen molar-refractivity contribution in [2.75, 3.05) is 19.6 Å². The van der Waals surface area contributed by atoms with E-state index in [0.29, 0.717) is 29.1 Å². The van der Waals surface area contributed by atoms with Crippen LogP contribution >= 0.6 is 39.9 Å². The fourth-order valence-electron chi connectivity index (χ4n) is 2.22. The maximum absolute atomic E-state index is 12.5. The number of sulfonamides is 1. The summed E-state index contributed by atoms with van der Waals surface area (Å²) in [6.07, 6.45) is 1.85. The third-order valence-electron chi connectivity index (χ3n) is 3.34. The second-order valence-corrected chi connectivity index (χ2v) is 7.88. The zero-order valence-corrected chi connectivity index (χ0v) is 14.7. The number of piperidine rings is 1. The van der Waals surface area contributed by atoms with Gasteiger partial charge in [-0.25, -0.2) is 8.42 Å². The van der Waals surface area contributed by atoms with E-state index in [9.17, 15) is 8.42 Å². The minimum Gasteiger partial charge on any atom is -0.330 e. The predicted molar refractivity (Wildman–Crippen MR) is 86.9 cm³/mol. The van der Waals surface area contributed by atoms with Crippen LogP contribution in [0.25, 0.3) is 0 Å². The molecule has 1 atom stereocenters. The lowest BCUT2D eigenvalue weighted by molar-refractivity contribution is 0.271. The number of nitrogens with zero attached hydrogens (tertiary/aromatic N) is 1. The molecule has 1 saturated heterocycles. The number of halogens is 3. The van der Waals surface area contributed by atoms with Crippen molar-refractivity contribution < 1.29 is 8.42 Å². The molecule has 8 heteroatoms. The summed E-state index contributed by atoms with van der Waals surface area (Å²) in [4.78, 5) is 0.265. The Balaban J connectivity index is 0.00000200. The summed E-state index contributed by atoms with van der Waals surface area (Å²) < 4.78 is 27.2. The Hall–Kier alpha value is 0.150. The molecular weight excluding hydrogens is 387 g/mol. The Morgan fingerprint density at radius 2 is 2.15 bits per heavy atom. The standard InChI is InChI=1S/C12H16BrClN2O2S.ClH/c13-11-6-10(3-4-12(11)14)19(17,18)16-5-1-2-9(7-15)8-16;/h3-4,6,9H,1-2,5,7-8,15H2;1H. The molecule has 1 aromatic rings. The SMILES string of the molecule is Cl.NCC1CCCN(S(=O)(=O)c2ccc(Cl)c(Br)c2)C1. The van der Waals surface area contributed by atoms with Crippen molar-refractivity contribution in [3.63, 3.8) is 0 Å². The molecule has 2 rings (SSSR count). The van der Waals surface area contributed by atoms with Gasteiger partial charge >= 0.3 is 0 Å². The Morgan fingerprint density at radius 3 is 2.75 bits per heavy atom. The van der Waals surface area contributed by atoms with Gasteiger partial charge in [0.05, 0.1) is 9.92 Å². The van der Waals surface area contributed by atoms with Crippen molar-refractivity contribution in [1.29, 1.82) is 0 Å². The van der Waals surface area contributed by atoms with E-state index in [2.05, 4.69) is 15.9 Å². The van der Waals surface area contributed by atoms with Crippen molar-refractivity contribution in [3.05, 3.63) is 27.7 Å². The highest BCUT2D eigenvalue weighted by molar-refractivity contribution is 9.10. The van der Waals surface area contributed by atoms with Gasteiger partial charge < -0.3 is 5.73 Å². The Labute approximate surface area is 139 Å². The van der Waals surface area contributed by atoms with Crippen molar-refractivity contribution in [2.24, 2.45) is 11.7 Å². The average Bonchev–Trinajstić information content (AvgIpc) is 2.41. The highest BCUT2D eigenvalue weighted by Gasteiger charge is 2.29. The van der Waals surface area contributed by atoms with E-state index in [4.69, 9.17) is 17.3 Å². The Morgan fingerprint density at radius 1 is 1.45 bits per heavy atom. The minimum absolute atomic E-state index is 0. The van der Waals surface area contributed by atoms with E-state index in [1.54, 1.807) is 12.1 Å². The summed E-state index contributed by atoms with van der Waals surface area (Å²) in [5.41, 5.74) is 5.64.